The van der Waals surface area contributed by atoms with E-state index in [-0.39, 0.29) is 11.4 Å². The summed E-state index contributed by atoms with van der Waals surface area (Å²) in [5.41, 5.74) is 5.60. The standard InChI is InChI=1S/C6H8N2O2/c7-4-2-1-3-8-5(4)6(9)10/h2H,1,3,7H2,(H,9,10). The number of nitrogens with two attached hydrogens (primary N) is 1. The fourth-order valence-corrected chi connectivity index (χ4v) is 0.775. The van der Waals surface area contributed by atoms with Crippen LogP contribution in [0.25, 0.3) is 0 Å². The number of nitrogens with zero attached hydrogens (tertiary/aromatic N) is 1. The van der Waals surface area contributed by atoms with Gasteiger partial charge in [-0.25, -0.2) is 4.79 Å². The van der Waals surface area contributed by atoms with Crippen LogP contribution >= 0.6 is 0 Å². The zero-order valence-electron chi connectivity index (χ0n) is 5.37. The molecule has 4 heteroatoms. The first kappa shape index (κ1) is 6.80. The summed E-state index contributed by atoms with van der Waals surface area (Å²) in [7, 11) is 0. The highest BCUT2D eigenvalue weighted by Gasteiger charge is 2.13. The largest absolute Gasteiger partial charge is 0.476 e. The Bertz CT molecular complexity index is 218. The third kappa shape index (κ3) is 1.15. The van der Waals surface area contributed by atoms with Gasteiger partial charge in [0, 0.05) is 6.54 Å². The third-order valence-corrected chi connectivity index (χ3v) is 1.24. The molecule has 1 heterocycles. The Kier molecular flexibility index (Phi) is 1.71. The second-order valence-corrected chi connectivity index (χ2v) is 1.98. The van der Waals surface area contributed by atoms with Crippen molar-refractivity contribution in [1.82, 2.24) is 0 Å². The lowest BCUT2D eigenvalue weighted by Crippen LogP contribution is -2.23. The SMILES string of the molecule is NC1=CCCN=C1C(=O)O. The molecular formula is C6H8N2O2. The number of carboxylic acids is 1. The predicted octanol–water partition coefficient (Wildman–Crippen LogP) is -0.242. The van der Waals surface area contributed by atoms with E-state index < -0.39 is 5.97 Å². The minimum absolute atomic E-state index is 0.00810. The van der Waals surface area contributed by atoms with Gasteiger partial charge in [-0.2, -0.15) is 0 Å². The van der Waals surface area contributed by atoms with Gasteiger partial charge < -0.3 is 10.8 Å². The lowest BCUT2D eigenvalue weighted by molar-refractivity contribution is -0.129. The van der Waals surface area contributed by atoms with Gasteiger partial charge in [-0.15, -0.1) is 0 Å². The number of hydrogen-bond acceptors (Lipinski definition) is 3. The van der Waals surface area contributed by atoms with E-state index in [9.17, 15) is 4.79 Å². The molecule has 3 N–H and O–H groups in total. The smallest absolute Gasteiger partial charge is 0.356 e. The van der Waals surface area contributed by atoms with Gasteiger partial charge in [0.25, 0.3) is 0 Å². The maximum absolute atomic E-state index is 10.3. The van der Waals surface area contributed by atoms with Crippen molar-refractivity contribution in [2.45, 2.75) is 6.42 Å². The highest BCUT2D eigenvalue weighted by molar-refractivity contribution is 6.42. The fraction of sp³-hybridized carbons (Fsp3) is 0.333. The summed E-state index contributed by atoms with van der Waals surface area (Å²) in [4.78, 5) is 14.0. The Hall–Kier alpha value is -1.32. The molecule has 0 aliphatic carbocycles. The maximum atomic E-state index is 10.3. The van der Waals surface area contributed by atoms with E-state index in [2.05, 4.69) is 4.99 Å². The number of hydrogen-bond donors (Lipinski definition) is 2. The molecule has 0 spiro atoms. The molecular weight excluding hydrogens is 132 g/mol. The summed E-state index contributed by atoms with van der Waals surface area (Å²) in [6.07, 6.45) is 2.42. The number of aliphatic carboxylic acids is 1. The Morgan fingerprint density at radius 3 is 2.90 bits per heavy atom. The van der Waals surface area contributed by atoms with Crippen LogP contribution in [0.5, 0.6) is 0 Å². The van der Waals surface area contributed by atoms with Crippen LogP contribution in [0.1, 0.15) is 6.42 Å². The van der Waals surface area contributed by atoms with Crippen molar-refractivity contribution in [2.75, 3.05) is 6.54 Å². The molecule has 0 bridgehead atoms. The number of carbonyl (C=O) groups is 1. The molecule has 0 amide bonds. The second kappa shape index (κ2) is 2.51. The molecule has 1 aliphatic rings. The van der Waals surface area contributed by atoms with Crippen molar-refractivity contribution >= 4 is 11.7 Å². The zero-order valence-corrected chi connectivity index (χ0v) is 5.37. The van der Waals surface area contributed by atoms with Crippen molar-refractivity contribution in [2.24, 2.45) is 10.7 Å². The van der Waals surface area contributed by atoms with Gasteiger partial charge in [0.2, 0.25) is 0 Å². The monoisotopic (exact) mass is 140 g/mol. The van der Waals surface area contributed by atoms with E-state index in [1.165, 1.54) is 0 Å². The highest BCUT2D eigenvalue weighted by atomic mass is 16.4. The summed E-state index contributed by atoms with van der Waals surface area (Å²) in [5, 5.41) is 8.46. The quantitative estimate of drug-likeness (QED) is 0.527. The van der Waals surface area contributed by atoms with Crippen LogP contribution in [-0.2, 0) is 4.79 Å². The summed E-state index contributed by atoms with van der Waals surface area (Å²) >= 11 is 0. The number of dihydropyridines is 1. The van der Waals surface area contributed by atoms with E-state index in [1.54, 1.807) is 6.08 Å². The Morgan fingerprint density at radius 1 is 1.80 bits per heavy atom. The molecule has 1 aliphatic heterocycles. The summed E-state index contributed by atoms with van der Waals surface area (Å²) in [5.74, 6) is -1.05. The van der Waals surface area contributed by atoms with Crippen molar-refractivity contribution in [3.63, 3.8) is 0 Å². The number of carboxylic acid groups (broad SMARTS) is 1. The average molecular weight is 140 g/mol. The van der Waals surface area contributed by atoms with Crippen molar-refractivity contribution in [3.8, 4) is 0 Å². The molecule has 0 aromatic heterocycles. The minimum Gasteiger partial charge on any atom is -0.476 e. The number of rotatable bonds is 1. The highest BCUT2D eigenvalue weighted by Crippen LogP contribution is 2.01. The normalized spacial score (nSPS) is 17.6. The van der Waals surface area contributed by atoms with E-state index in [4.69, 9.17) is 10.8 Å². The third-order valence-electron chi connectivity index (χ3n) is 1.24. The van der Waals surface area contributed by atoms with Gasteiger partial charge in [-0.3, -0.25) is 4.99 Å². The first-order valence-electron chi connectivity index (χ1n) is 2.95. The summed E-state index contributed by atoms with van der Waals surface area (Å²) < 4.78 is 0. The topological polar surface area (TPSA) is 75.7 Å². The Balaban J connectivity index is 2.84. The Labute approximate surface area is 58.1 Å². The van der Waals surface area contributed by atoms with Crippen molar-refractivity contribution in [3.05, 3.63) is 11.8 Å². The van der Waals surface area contributed by atoms with E-state index in [1.807, 2.05) is 0 Å². The molecule has 10 heavy (non-hydrogen) atoms. The van der Waals surface area contributed by atoms with Crippen molar-refractivity contribution in [1.29, 1.82) is 0 Å². The van der Waals surface area contributed by atoms with Gasteiger partial charge in [-0.05, 0) is 6.42 Å². The number of aliphatic imine (C=N–C) groups is 1. The molecule has 0 fully saturated rings. The van der Waals surface area contributed by atoms with Crippen LogP contribution < -0.4 is 5.73 Å². The molecule has 0 unspecified atom stereocenters. The zero-order chi connectivity index (χ0) is 7.56. The van der Waals surface area contributed by atoms with Gasteiger partial charge in [0.15, 0.2) is 5.71 Å². The molecule has 1 rings (SSSR count). The lowest BCUT2D eigenvalue weighted by Gasteiger charge is -2.05. The van der Waals surface area contributed by atoms with E-state index in [0.29, 0.717) is 6.54 Å². The first-order chi connectivity index (χ1) is 4.72. The lowest BCUT2D eigenvalue weighted by atomic mass is 10.2. The van der Waals surface area contributed by atoms with Gasteiger partial charge in [-0.1, -0.05) is 6.08 Å². The molecule has 0 aromatic rings. The molecule has 0 radical (unpaired) electrons. The first-order valence-corrected chi connectivity index (χ1v) is 2.95. The molecule has 0 saturated heterocycles. The Morgan fingerprint density at radius 2 is 2.50 bits per heavy atom. The second-order valence-electron chi connectivity index (χ2n) is 1.98. The minimum atomic E-state index is -1.05. The van der Waals surface area contributed by atoms with Crippen LogP contribution in [-0.4, -0.2) is 23.3 Å². The van der Waals surface area contributed by atoms with Crippen LogP contribution in [0.4, 0.5) is 0 Å². The van der Waals surface area contributed by atoms with Crippen LogP contribution in [0.3, 0.4) is 0 Å². The van der Waals surface area contributed by atoms with Crippen molar-refractivity contribution < 1.29 is 9.90 Å². The molecule has 4 nitrogen and oxygen atoms in total. The molecule has 0 aromatic carbocycles. The molecule has 0 saturated carbocycles. The van der Waals surface area contributed by atoms with Gasteiger partial charge in [0.05, 0.1) is 5.70 Å². The van der Waals surface area contributed by atoms with Crippen LogP contribution in [0, 0.1) is 0 Å². The molecule has 0 atom stereocenters. The van der Waals surface area contributed by atoms with Crippen LogP contribution in [0.15, 0.2) is 16.8 Å². The summed E-state index contributed by atoms with van der Waals surface area (Å²) in [6, 6.07) is 0. The van der Waals surface area contributed by atoms with Crippen LogP contribution in [0.2, 0.25) is 0 Å². The summed E-state index contributed by atoms with van der Waals surface area (Å²) in [6.45, 7) is 0.530. The predicted molar refractivity (Wildman–Crippen MR) is 36.8 cm³/mol. The average Bonchev–Trinajstić information content (AvgIpc) is 1.88. The van der Waals surface area contributed by atoms with Gasteiger partial charge in [0.1, 0.15) is 0 Å². The van der Waals surface area contributed by atoms with E-state index >= 15 is 0 Å². The van der Waals surface area contributed by atoms with E-state index in [0.717, 1.165) is 6.42 Å². The fourth-order valence-electron chi connectivity index (χ4n) is 0.775. The molecule has 54 valence electrons. The van der Waals surface area contributed by atoms with Gasteiger partial charge >= 0.3 is 5.97 Å². The maximum Gasteiger partial charge on any atom is 0.356 e.